The van der Waals surface area contributed by atoms with E-state index in [2.05, 4.69) is 34.5 Å². The highest BCUT2D eigenvalue weighted by molar-refractivity contribution is 5.99. The van der Waals surface area contributed by atoms with Crippen molar-refractivity contribution < 1.29 is 9.59 Å². The first-order valence-corrected chi connectivity index (χ1v) is 9.57. The number of anilines is 1. The van der Waals surface area contributed by atoms with Gasteiger partial charge >= 0.3 is 0 Å². The second-order valence-corrected chi connectivity index (χ2v) is 7.48. The maximum absolute atomic E-state index is 12.7. The van der Waals surface area contributed by atoms with E-state index in [0.717, 1.165) is 37.3 Å². The Hall–Kier alpha value is -2.66. The summed E-state index contributed by atoms with van der Waals surface area (Å²) in [5.41, 5.74) is 3.97. The molecule has 2 aromatic carbocycles. The van der Waals surface area contributed by atoms with Crippen LogP contribution in [0.5, 0.6) is 0 Å². The molecule has 2 aliphatic rings. The van der Waals surface area contributed by atoms with Crippen LogP contribution in [0.4, 0.5) is 5.69 Å². The molecule has 0 radical (unpaired) electrons. The highest BCUT2D eigenvalue weighted by atomic mass is 16.2. The Morgan fingerprint density at radius 2 is 1.96 bits per heavy atom. The maximum atomic E-state index is 12.7. The smallest absolute Gasteiger partial charge is 0.251 e. The van der Waals surface area contributed by atoms with Crippen molar-refractivity contribution in [3.63, 3.8) is 0 Å². The van der Waals surface area contributed by atoms with Crippen LogP contribution in [0.25, 0.3) is 0 Å². The summed E-state index contributed by atoms with van der Waals surface area (Å²) < 4.78 is 0. The summed E-state index contributed by atoms with van der Waals surface area (Å²) in [6, 6.07) is 16.3. The zero-order valence-corrected chi connectivity index (χ0v) is 15.6. The number of nitrogens with zero attached hydrogens (tertiary/aromatic N) is 2. The van der Waals surface area contributed by atoms with Crippen LogP contribution in [0.3, 0.4) is 0 Å². The first-order chi connectivity index (χ1) is 13.1. The van der Waals surface area contributed by atoms with Gasteiger partial charge in [0.15, 0.2) is 0 Å². The average molecular weight is 363 g/mol. The number of hydrogen-bond acceptors (Lipinski definition) is 3. The molecule has 0 aromatic heterocycles. The summed E-state index contributed by atoms with van der Waals surface area (Å²) in [5, 5.41) is 3.18. The Labute approximate surface area is 160 Å². The van der Waals surface area contributed by atoms with Gasteiger partial charge in [0.05, 0.1) is 0 Å². The molecular formula is C22H25N3O2. The number of fused-ring (bicyclic) bond motifs is 1. The number of amides is 2. The topological polar surface area (TPSA) is 52.7 Å². The molecule has 5 nitrogen and oxygen atoms in total. The third kappa shape index (κ3) is 3.88. The summed E-state index contributed by atoms with van der Waals surface area (Å²) >= 11 is 0. The predicted octanol–water partition coefficient (Wildman–Crippen LogP) is 2.60. The average Bonchev–Trinajstić information content (AvgIpc) is 3.12. The van der Waals surface area contributed by atoms with Crippen LogP contribution in [0, 0.1) is 0 Å². The Bertz CT molecular complexity index is 850. The van der Waals surface area contributed by atoms with Crippen LogP contribution >= 0.6 is 0 Å². The Morgan fingerprint density at radius 1 is 1.15 bits per heavy atom. The van der Waals surface area contributed by atoms with Crippen LogP contribution in [-0.2, 0) is 17.8 Å². The van der Waals surface area contributed by atoms with E-state index in [1.54, 1.807) is 11.9 Å². The third-order valence-corrected chi connectivity index (χ3v) is 5.54. The van der Waals surface area contributed by atoms with Crippen LogP contribution in [0.1, 0.15) is 34.3 Å². The predicted molar refractivity (Wildman–Crippen MR) is 106 cm³/mol. The van der Waals surface area contributed by atoms with Crippen molar-refractivity contribution in [1.29, 1.82) is 0 Å². The molecule has 0 bridgehead atoms. The molecule has 4 rings (SSSR count). The first-order valence-electron chi connectivity index (χ1n) is 9.57. The normalized spacial score (nSPS) is 19.8. The van der Waals surface area contributed by atoms with Gasteiger partial charge in [0.2, 0.25) is 5.91 Å². The summed E-state index contributed by atoms with van der Waals surface area (Å²) in [6.07, 6.45) is 2.18. The summed E-state index contributed by atoms with van der Waals surface area (Å²) in [5.74, 6) is 0.105. The standard InChI is InChI=1S/C22H25N3O2/c1-24-20-9-7-18(13-17(20)8-10-21(24)26)22(27)23-19-11-12-25(15-19)14-16-5-3-2-4-6-16/h2-7,9,13,19H,8,10-12,14-15H2,1H3,(H,23,27). The highest BCUT2D eigenvalue weighted by Crippen LogP contribution is 2.27. The van der Waals surface area contributed by atoms with Crippen molar-refractivity contribution in [1.82, 2.24) is 10.2 Å². The van der Waals surface area contributed by atoms with Gasteiger partial charge in [0.25, 0.3) is 5.91 Å². The van der Waals surface area contributed by atoms with Gasteiger partial charge in [0.1, 0.15) is 0 Å². The zero-order chi connectivity index (χ0) is 18.8. The quantitative estimate of drug-likeness (QED) is 0.908. The van der Waals surface area contributed by atoms with E-state index in [9.17, 15) is 9.59 Å². The number of aryl methyl sites for hydroxylation is 1. The lowest BCUT2D eigenvalue weighted by Crippen LogP contribution is -2.37. The molecule has 0 aliphatic carbocycles. The number of hydrogen-bond donors (Lipinski definition) is 1. The molecule has 140 valence electrons. The monoisotopic (exact) mass is 363 g/mol. The van der Waals surface area contributed by atoms with E-state index < -0.39 is 0 Å². The Morgan fingerprint density at radius 3 is 2.78 bits per heavy atom. The van der Waals surface area contributed by atoms with Crippen LogP contribution in [-0.4, -0.2) is 42.9 Å². The van der Waals surface area contributed by atoms with Gasteiger partial charge in [-0.15, -0.1) is 0 Å². The van der Waals surface area contributed by atoms with E-state index in [0.29, 0.717) is 18.4 Å². The lowest BCUT2D eigenvalue weighted by atomic mass is 9.99. The molecule has 5 heteroatoms. The minimum Gasteiger partial charge on any atom is -0.348 e. The van der Waals surface area contributed by atoms with Crippen molar-refractivity contribution in [3.05, 3.63) is 65.2 Å². The lowest BCUT2D eigenvalue weighted by molar-refractivity contribution is -0.118. The summed E-state index contributed by atoms with van der Waals surface area (Å²) in [7, 11) is 1.79. The number of nitrogens with one attached hydrogen (secondary N) is 1. The fourth-order valence-corrected chi connectivity index (χ4v) is 4.00. The largest absolute Gasteiger partial charge is 0.348 e. The molecule has 1 saturated heterocycles. The number of carbonyl (C=O) groups excluding carboxylic acids is 2. The van der Waals surface area contributed by atoms with Gasteiger partial charge < -0.3 is 10.2 Å². The molecule has 2 aromatic rings. The number of likely N-dealkylation sites (tertiary alicyclic amines) is 1. The number of benzene rings is 2. The van der Waals surface area contributed by atoms with Crippen molar-refractivity contribution >= 4 is 17.5 Å². The van der Waals surface area contributed by atoms with E-state index in [1.807, 2.05) is 24.3 Å². The Kier molecular flexibility index (Phi) is 4.94. The summed E-state index contributed by atoms with van der Waals surface area (Å²) in [4.78, 5) is 28.6. The molecular weight excluding hydrogens is 338 g/mol. The molecule has 2 amide bonds. The summed E-state index contributed by atoms with van der Waals surface area (Å²) in [6.45, 7) is 2.80. The van der Waals surface area contributed by atoms with Gasteiger partial charge in [-0.3, -0.25) is 14.5 Å². The highest BCUT2D eigenvalue weighted by Gasteiger charge is 2.25. The molecule has 2 aliphatic heterocycles. The maximum Gasteiger partial charge on any atom is 0.251 e. The van der Waals surface area contributed by atoms with Gasteiger partial charge in [0, 0.05) is 50.4 Å². The van der Waals surface area contributed by atoms with E-state index in [-0.39, 0.29) is 17.9 Å². The fraction of sp³-hybridized carbons (Fsp3) is 0.364. The van der Waals surface area contributed by atoms with Crippen LogP contribution in [0.15, 0.2) is 48.5 Å². The van der Waals surface area contributed by atoms with Crippen LogP contribution in [0.2, 0.25) is 0 Å². The van der Waals surface area contributed by atoms with E-state index in [4.69, 9.17) is 0 Å². The van der Waals surface area contributed by atoms with Crippen molar-refractivity contribution in [2.75, 3.05) is 25.0 Å². The molecule has 1 N–H and O–H groups in total. The zero-order valence-electron chi connectivity index (χ0n) is 15.6. The van der Waals surface area contributed by atoms with E-state index in [1.165, 1.54) is 5.56 Å². The molecule has 27 heavy (non-hydrogen) atoms. The molecule has 1 fully saturated rings. The van der Waals surface area contributed by atoms with Gasteiger partial charge in [-0.25, -0.2) is 0 Å². The Balaban J connectivity index is 1.36. The van der Waals surface area contributed by atoms with Gasteiger partial charge in [-0.05, 0) is 42.2 Å². The molecule has 2 heterocycles. The fourth-order valence-electron chi connectivity index (χ4n) is 4.00. The second-order valence-electron chi connectivity index (χ2n) is 7.48. The molecule has 0 spiro atoms. The number of rotatable bonds is 4. The second kappa shape index (κ2) is 7.53. The van der Waals surface area contributed by atoms with Crippen LogP contribution < -0.4 is 10.2 Å². The lowest BCUT2D eigenvalue weighted by Gasteiger charge is -2.26. The van der Waals surface area contributed by atoms with Crippen molar-refractivity contribution in [3.8, 4) is 0 Å². The SMILES string of the molecule is CN1C(=O)CCc2cc(C(=O)NC3CCN(Cc4ccccc4)C3)ccc21. The number of carbonyl (C=O) groups is 2. The molecule has 0 saturated carbocycles. The van der Waals surface area contributed by atoms with E-state index >= 15 is 0 Å². The minimum atomic E-state index is -0.0242. The van der Waals surface area contributed by atoms with Gasteiger partial charge in [-0.2, -0.15) is 0 Å². The van der Waals surface area contributed by atoms with Crippen molar-refractivity contribution in [2.24, 2.45) is 0 Å². The first kappa shape index (κ1) is 17.7. The van der Waals surface area contributed by atoms with Gasteiger partial charge in [-0.1, -0.05) is 30.3 Å². The third-order valence-electron chi connectivity index (χ3n) is 5.54. The minimum absolute atomic E-state index is 0.0242. The van der Waals surface area contributed by atoms with Crippen molar-refractivity contribution in [2.45, 2.75) is 31.8 Å². The molecule has 1 atom stereocenters. The molecule has 1 unspecified atom stereocenters.